The Morgan fingerprint density at radius 1 is 1.18 bits per heavy atom. The van der Waals surface area contributed by atoms with Crippen molar-refractivity contribution in [2.75, 3.05) is 0 Å². The molecule has 2 N–H and O–H groups in total. The quantitative estimate of drug-likeness (QED) is 0.861. The third-order valence-electron chi connectivity index (χ3n) is 3.71. The number of nitrogens with one attached hydrogen (secondary N) is 2. The summed E-state index contributed by atoms with van der Waals surface area (Å²) in [5, 5.41) is 10.3. The highest BCUT2D eigenvalue weighted by atomic mass is 16.2. The number of aromatic nitrogens is 2. The molecule has 1 atom stereocenters. The first-order valence-electron chi connectivity index (χ1n) is 7.77. The van der Waals surface area contributed by atoms with Gasteiger partial charge < -0.3 is 5.32 Å². The molecule has 0 aliphatic heterocycles. The molecule has 1 amide bonds. The number of aromatic amines is 1. The summed E-state index contributed by atoms with van der Waals surface area (Å²) in [5.41, 5.74) is -0.0111. The molecule has 0 aliphatic rings. The van der Waals surface area contributed by atoms with E-state index in [1.54, 1.807) is 24.3 Å². The van der Waals surface area contributed by atoms with Crippen LogP contribution < -0.4 is 10.9 Å². The van der Waals surface area contributed by atoms with Crippen LogP contribution in [0.2, 0.25) is 0 Å². The summed E-state index contributed by atoms with van der Waals surface area (Å²) in [7, 11) is 0. The van der Waals surface area contributed by atoms with Crippen molar-refractivity contribution in [3.63, 3.8) is 0 Å². The van der Waals surface area contributed by atoms with Gasteiger partial charge in [0, 0.05) is 11.4 Å². The van der Waals surface area contributed by atoms with Gasteiger partial charge in [0.05, 0.1) is 5.39 Å². The number of carbonyl (C=O) groups is 1. The lowest BCUT2D eigenvalue weighted by Crippen LogP contribution is -2.34. The lowest BCUT2D eigenvalue weighted by atomic mass is 10.0. The van der Waals surface area contributed by atoms with E-state index in [1.807, 2.05) is 6.92 Å². The third kappa shape index (κ3) is 3.93. The molecule has 0 spiro atoms. The van der Waals surface area contributed by atoms with E-state index in [0.717, 1.165) is 19.3 Å². The zero-order valence-electron chi connectivity index (χ0n) is 13.3. The number of fused-ring (bicyclic) bond motifs is 1. The van der Waals surface area contributed by atoms with Gasteiger partial charge in [0.25, 0.3) is 11.5 Å². The molecule has 2 rings (SSSR count). The van der Waals surface area contributed by atoms with Gasteiger partial charge >= 0.3 is 0 Å². The molecule has 1 unspecified atom stereocenters. The highest BCUT2D eigenvalue weighted by molar-refractivity contribution is 6.04. The zero-order valence-corrected chi connectivity index (χ0v) is 13.3. The second-order valence-electron chi connectivity index (χ2n) is 6.15. The molecule has 0 radical (unpaired) electrons. The van der Waals surface area contributed by atoms with Crippen LogP contribution in [-0.2, 0) is 0 Å². The summed E-state index contributed by atoms with van der Waals surface area (Å²) < 4.78 is 0. The summed E-state index contributed by atoms with van der Waals surface area (Å²) in [6.45, 7) is 6.38. The van der Waals surface area contributed by atoms with Crippen molar-refractivity contribution in [1.29, 1.82) is 0 Å². The van der Waals surface area contributed by atoms with Crippen LogP contribution in [-0.4, -0.2) is 22.1 Å². The lowest BCUT2D eigenvalue weighted by Gasteiger charge is -2.14. The third-order valence-corrected chi connectivity index (χ3v) is 3.71. The minimum Gasteiger partial charge on any atom is -0.348 e. The predicted molar refractivity (Wildman–Crippen MR) is 88.0 cm³/mol. The molecule has 22 heavy (non-hydrogen) atoms. The first-order chi connectivity index (χ1) is 10.5. The SMILES string of the molecule is CC(C)CCCC(C)NC(=O)c1n[nH]c(=O)c2ccccc12. The summed E-state index contributed by atoms with van der Waals surface area (Å²) >= 11 is 0. The zero-order chi connectivity index (χ0) is 16.1. The maximum absolute atomic E-state index is 12.4. The number of amides is 1. The fourth-order valence-corrected chi connectivity index (χ4v) is 2.48. The van der Waals surface area contributed by atoms with Crippen molar-refractivity contribution < 1.29 is 4.79 Å². The molecule has 2 aromatic rings. The smallest absolute Gasteiger partial charge is 0.272 e. The van der Waals surface area contributed by atoms with E-state index in [0.29, 0.717) is 16.7 Å². The molecule has 0 saturated carbocycles. The summed E-state index contributed by atoms with van der Waals surface area (Å²) in [4.78, 5) is 24.1. The van der Waals surface area contributed by atoms with Crippen molar-refractivity contribution in [2.45, 2.75) is 46.1 Å². The molecule has 5 nitrogen and oxygen atoms in total. The van der Waals surface area contributed by atoms with Crippen molar-refractivity contribution >= 4 is 16.7 Å². The molecular formula is C17H23N3O2. The van der Waals surface area contributed by atoms with Gasteiger partial charge in [-0.2, -0.15) is 5.10 Å². The Labute approximate surface area is 130 Å². The summed E-state index contributed by atoms with van der Waals surface area (Å²) in [6.07, 6.45) is 3.17. The Bertz CT molecular complexity index is 706. The highest BCUT2D eigenvalue weighted by Crippen LogP contribution is 2.13. The van der Waals surface area contributed by atoms with Crippen LogP contribution in [0, 0.1) is 5.92 Å². The largest absolute Gasteiger partial charge is 0.348 e. The number of hydrogen-bond acceptors (Lipinski definition) is 3. The van der Waals surface area contributed by atoms with Crippen LogP contribution in [0.25, 0.3) is 10.8 Å². The molecule has 0 saturated heterocycles. The maximum atomic E-state index is 12.4. The Morgan fingerprint density at radius 2 is 1.86 bits per heavy atom. The van der Waals surface area contributed by atoms with E-state index in [9.17, 15) is 9.59 Å². The van der Waals surface area contributed by atoms with E-state index in [1.165, 1.54) is 0 Å². The highest BCUT2D eigenvalue weighted by Gasteiger charge is 2.15. The van der Waals surface area contributed by atoms with Crippen LogP contribution in [0.5, 0.6) is 0 Å². The monoisotopic (exact) mass is 301 g/mol. The standard InChI is InChI=1S/C17H23N3O2/c1-11(2)7-6-8-12(3)18-17(22)15-13-9-4-5-10-14(13)16(21)20-19-15/h4-5,9-12H,6-8H2,1-3H3,(H,18,22)(H,20,21). The van der Waals surface area contributed by atoms with Gasteiger partial charge in [0.2, 0.25) is 0 Å². The van der Waals surface area contributed by atoms with E-state index in [-0.39, 0.29) is 23.2 Å². The van der Waals surface area contributed by atoms with Gasteiger partial charge in [-0.25, -0.2) is 5.10 Å². The number of rotatable bonds is 6. The molecule has 0 bridgehead atoms. The van der Waals surface area contributed by atoms with Crippen LogP contribution >= 0.6 is 0 Å². The summed E-state index contributed by atoms with van der Waals surface area (Å²) in [5.74, 6) is 0.428. The second-order valence-corrected chi connectivity index (χ2v) is 6.15. The average Bonchev–Trinajstić information content (AvgIpc) is 2.47. The molecule has 0 aliphatic carbocycles. The van der Waals surface area contributed by atoms with Gasteiger partial charge in [-0.15, -0.1) is 0 Å². The minimum absolute atomic E-state index is 0.0822. The molecular weight excluding hydrogens is 278 g/mol. The Hall–Kier alpha value is -2.17. The van der Waals surface area contributed by atoms with Crippen molar-refractivity contribution in [3.8, 4) is 0 Å². The number of hydrogen-bond donors (Lipinski definition) is 2. The summed E-state index contributed by atoms with van der Waals surface area (Å²) in [6, 6.07) is 7.09. The topological polar surface area (TPSA) is 74.8 Å². The van der Waals surface area contributed by atoms with Gasteiger partial charge in [-0.1, -0.05) is 44.9 Å². The Kier molecular flexibility index (Phi) is 5.31. The number of benzene rings is 1. The van der Waals surface area contributed by atoms with Crippen molar-refractivity contribution in [1.82, 2.24) is 15.5 Å². The first kappa shape index (κ1) is 16.2. The fourth-order valence-electron chi connectivity index (χ4n) is 2.48. The molecule has 5 heteroatoms. The Morgan fingerprint density at radius 3 is 2.55 bits per heavy atom. The van der Waals surface area contributed by atoms with Crippen molar-refractivity contribution in [2.24, 2.45) is 5.92 Å². The Balaban J connectivity index is 2.10. The fraction of sp³-hybridized carbons (Fsp3) is 0.471. The lowest BCUT2D eigenvalue weighted by molar-refractivity contribution is 0.0933. The molecule has 1 aromatic heterocycles. The molecule has 0 fully saturated rings. The van der Waals surface area contributed by atoms with Crippen LogP contribution in [0.3, 0.4) is 0 Å². The van der Waals surface area contributed by atoms with Gasteiger partial charge in [0.15, 0.2) is 5.69 Å². The minimum atomic E-state index is -0.280. The van der Waals surface area contributed by atoms with Crippen molar-refractivity contribution in [3.05, 3.63) is 40.3 Å². The number of H-pyrrole nitrogens is 1. The van der Waals surface area contributed by atoms with E-state index in [2.05, 4.69) is 29.4 Å². The maximum Gasteiger partial charge on any atom is 0.272 e. The van der Waals surface area contributed by atoms with Gasteiger partial charge in [-0.3, -0.25) is 9.59 Å². The van der Waals surface area contributed by atoms with Crippen LogP contribution in [0.15, 0.2) is 29.1 Å². The predicted octanol–water partition coefficient (Wildman–Crippen LogP) is 2.87. The van der Waals surface area contributed by atoms with Crippen LogP contribution in [0.4, 0.5) is 0 Å². The van der Waals surface area contributed by atoms with Gasteiger partial charge in [-0.05, 0) is 25.3 Å². The van der Waals surface area contributed by atoms with E-state index >= 15 is 0 Å². The number of nitrogens with zero attached hydrogens (tertiary/aromatic N) is 1. The van der Waals surface area contributed by atoms with E-state index in [4.69, 9.17) is 0 Å². The second kappa shape index (κ2) is 7.20. The molecule has 118 valence electrons. The normalized spacial score (nSPS) is 12.5. The average molecular weight is 301 g/mol. The number of carbonyl (C=O) groups excluding carboxylic acids is 1. The van der Waals surface area contributed by atoms with E-state index < -0.39 is 0 Å². The van der Waals surface area contributed by atoms with Crippen LogP contribution in [0.1, 0.15) is 50.5 Å². The molecule has 1 heterocycles. The van der Waals surface area contributed by atoms with Gasteiger partial charge in [0.1, 0.15) is 0 Å². The molecule has 1 aromatic carbocycles. The first-order valence-corrected chi connectivity index (χ1v) is 7.77.